The van der Waals surface area contributed by atoms with Gasteiger partial charge < -0.3 is 109 Å². The van der Waals surface area contributed by atoms with E-state index in [-0.39, 0.29) is 72.1 Å². The Morgan fingerprint density at radius 3 is 1.74 bits per heavy atom. The Labute approximate surface area is 563 Å². The largest absolute Gasteiger partial charge is 0.445 e. The number of carbonyl (C=O) groups excluding carboxylic acids is 4. The molecule has 1 aliphatic carbocycles. The number of fused-ring (bicyclic) bond motifs is 1. The molecule has 0 spiro atoms. The van der Waals surface area contributed by atoms with Gasteiger partial charge in [-0.2, -0.15) is 0 Å². The lowest BCUT2D eigenvalue weighted by molar-refractivity contribution is -0.366. The van der Waals surface area contributed by atoms with Crippen molar-refractivity contribution >= 4 is 24.2 Å². The summed E-state index contributed by atoms with van der Waals surface area (Å²) < 4.78 is 76.9. The molecular formula is C71H91N5O21. The molecule has 5 aromatic rings. The fourth-order valence-electron chi connectivity index (χ4n) is 12.5. The average Bonchev–Trinajstić information content (AvgIpc) is 0.866. The van der Waals surface area contributed by atoms with Gasteiger partial charge in [-0.3, -0.25) is 4.79 Å². The van der Waals surface area contributed by atoms with E-state index in [1.807, 2.05) is 103 Å². The van der Waals surface area contributed by atoms with Crippen molar-refractivity contribution in [2.75, 3.05) is 39.4 Å². The van der Waals surface area contributed by atoms with Crippen LogP contribution in [-0.4, -0.2) is 204 Å². The SMILES string of the molecule is CCC[C@H](O)C(=O)N[C@@H]1C[C@H](NC(=O)OCc2ccccc2)[C@@H](O[C@H]2O[C@@H]3COC(c4ccccc4)O[C@H]3[C@H](O)[C@H]2C)[C@H](O[C@@H]2O[C@H](CN)[C@@H](O[C@H]3O[C@@H](CNC(=O)OCc4ccccc4)[C@@H](O)[C@H](O)[C@H]3C)[C@H]2OCCN(CCc2ccccc2)C(=O)OCc2ccccc2)[C@H]1O. The number of hydrogen-bond acceptors (Lipinski definition) is 22. The Kier molecular flexibility index (Phi) is 26.6. The van der Waals surface area contributed by atoms with E-state index in [0.717, 1.165) is 22.3 Å². The molecule has 26 heteroatoms. The van der Waals surface area contributed by atoms with Gasteiger partial charge in [-0.25, -0.2) is 14.4 Å². The fourth-order valence-corrected chi connectivity index (χ4v) is 12.5. The van der Waals surface area contributed by atoms with Gasteiger partial charge in [0.2, 0.25) is 5.91 Å². The maximum Gasteiger partial charge on any atom is 0.410 e. The third-order valence-corrected chi connectivity index (χ3v) is 18.1. The maximum atomic E-state index is 14.2. The van der Waals surface area contributed by atoms with Crippen LogP contribution in [0.15, 0.2) is 152 Å². The summed E-state index contributed by atoms with van der Waals surface area (Å²) in [5, 5.41) is 67.4. The van der Waals surface area contributed by atoms with E-state index in [0.29, 0.717) is 18.4 Å². The molecule has 4 amide bonds. The molecule has 5 aliphatic rings. The van der Waals surface area contributed by atoms with Crippen LogP contribution in [0.3, 0.4) is 0 Å². The highest BCUT2D eigenvalue weighted by molar-refractivity contribution is 5.80. The summed E-state index contributed by atoms with van der Waals surface area (Å²) in [7, 11) is 0. The number of nitrogens with two attached hydrogens (primary N) is 1. The van der Waals surface area contributed by atoms with E-state index < -0.39 is 153 Å². The second-order valence-electron chi connectivity index (χ2n) is 25.0. The van der Waals surface area contributed by atoms with E-state index >= 15 is 0 Å². The van der Waals surface area contributed by atoms with E-state index in [1.54, 1.807) is 69.3 Å². The van der Waals surface area contributed by atoms with Crippen LogP contribution >= 0.6 is 0 Å². The zero-order valence-corrected chi connectivity index (χ0v) is 54.5. The number of benzene rings is 5. The summed E-state index contributed by atoms with van der Waals surface area (Å²) in [6, 6.07) is 43.4. The van der Waals surface area contributed by atoms with E-state index in [9.17, 15) is 44.7 Å². The lowest BCUT2D eigenvalue weighted by Gasteiger charge is -2.50. The summed E-state index contributed by atoms with van der Waals surface area (Å²) in [4.78, 5) is 56.8. The monoisotopic (exact) mass is 1350 g/mol. The highest BCUT2D eigenvalue weighted by atomic mass is 16.8. The molecule has 4 aliphatic heterocycles. The third kappa shape index (κ3) is 19.4. The number of aliphatic hydroxyl groups is 5. The molecule has 97 heavy (non-hydrogen) atoms. The van der Waals surface area contributed by atoms with Crippen molar-refractivity contribution in [1.29, 1.82) is 0 Å². The van der Waals surface area contributed by atoms with E-state index in [2.05, 4.69) is 16.0 Å². The highest BCUT2D eigenvalue weighted by Gasteiger charge is 2.57. The molecule has 0 bridgehead atoms. The van der Waals surface area contributed by atoms with Gasteiger partial charge in [0.1, 0.15) is 87.0 Å². The summed E-state index contributed by atoms with van der Waals surface area (Å²) in [6.45, 7) is 4.07. The number of aliphatic hydroxyl groups excluding tert-OH is 5. The molecule has 526 valence electrons. The number of hydrogen-bond donors (Lipinski definition) is 9. The quantitative estimate of drug-likeness (QED) is 0.0308. The van der Waals surface area contributed by atoms with Crippen molar-refractivity contribution in [3.8, 4) is 0 Å². The molecule has 5 aromatic carbocycles. The molecular weight excluding hydrogens is 1260 g/mol. The second-order valence-corrected chi connectivity index (χ2v) is 25.0. The summed E-state index contributed by atoms with van der Waals surface area (Å²) >= 11 is 0. The van der Waals surface area contributed by atoms with Gasteiger partial charge in [0.15, 0.2) is 25.2 Å². The third-order valence-electron chi connectivity index (χ3n) is 18.1. The fraction of sp³-hybridized carbons (Fsp3) is 0.521. The maximum absolute atomic E-state index is 14.2. The van der Waals surface area contributed by atoms with Crippen LogP contribution in [0, 0.1) is 11.8 Å². The standard InChI is InChI=1S/C71H91N5O21/c1-4-20-51(77)64(82)74-49-35-50(75-70(84)89-39-46-25-14-7-15-26-46)59(94-66-43(3)56(79)60-54(93-66)41-87-67(95-60)48-29-18-9-19-30-48)62(57(49)80)97-68-63(86-34-33-76(32-31-44-21-10-5-11-22-44)71(85)90-40-47-27-16-8-17-28-47)61(52(36-72)91-68)96-65-42(2)55(78)58(81)53(92-65)37-73-69(83)88-38-45-23-12-6-13-24-45/h5-19,21-30,42-43,49-63,65-68,77-81H,4,20,31-41,72H2,1-3H3,(H,73,83)(H,74,82)(H,75,84)/t42-,43-,49-,50+,51+,52-,53+,54-,55-,56-,57+,58-,59-,60-,61-,62-,63-,65-,66-,67?,68+/m1/s1. The lowest BCUT2D eigenvalue weighted by atomic mass is 9.82. The van der Waals surface area contributed by atoms with E-state index in [4.69, 9.17) is 62.6 Å². The smallest absolute Gasteiger partial charge is 0.410 e. The molecule has 5 fully saturated rings. The number of nitrogens with one attached hydrogen (secondary N) is 3. The van der Waals surface area contributed by atoms with Crippen LogP contribution in [0.5, 0.6) is 0 Å². The second kappa shape index (κ2) is 35.5. The van der Waals surface area contributed by atoms with E-state index in [1.165, 1.54) is 4.90 Å². The lowest BCUT2D eigenvalue weighted by Crippen LogP contribution is -2.68. The van der Waals surface area contributed by atoms with Crippen molar-refractivity contribution in [3.63, 3.8) is 0 Å². The molecule has 0 radical (unpaired) electrons. The van der Waals surface area contributed by atoms with Gasteiger partial charge >= 0.3 is 18.3 Å². The van der Waals surface area contributed by atoms with Gasteiger partial charge in [-0.15, -0.1) is 0 Å². The van der Waals surface area contributed by atoms with Crippen molar-refractivity contribution in [3.05, 3.63) is 179 Å². The number of nitrogens with zero attached hydrogens (tertiary/aromatic N) is 1. The van der Waals surface area contributed by atoms with Gasteiger partial charge in [0, 0.05) is 43.6 Å². The number of ether oxygens (including phenoxy) is 12. The van der Waals surface area contributed by atoms with Crippen LogP contribution in [0.2, 0.25) is 0 Å². The van der Waals surface area contributed by atoms with Crippen molar-refractivity contribution in [1.82, 2.24) is 20.9 Å². The average molecular weight is 1350 g/mol. The normalized spacial score (nSPS) is 31.2. The van der Waals surface area contributed by atoms with Crippen LogP contribution in [-0.2, 0) is 87.9 Å². The first-order valence-electron chi connectivity index (χ1n) is 33.2. The molecule has 10 N–H and O–H groups in total. The first-order chi connectivity index (χ1) is 47.0. The molecule has 1 saturated carbocycles. The molecule has 1 unspecified atom stereocenters. The predicted molar refractivity (Wildman–Crippen MR) is 346 cm³/mol. The number of carbonyl (C=O) groups is 4. The van der Waals surface area contributed by atoms with Crippen molar-refractivity contribution < 1.29 is 102 Å². The zero-order chi connectivity index (χ0) is 68.4. The Hall–Kier alpha value is -7.22. The summed E-state index contributed by atoms with van der Waals surface area (Å²) in [5.41, 5.74) is 10.4. The first kappa shape index (κ1) is 72.5. The molecule has 21 atom stereocenters. The van der Waals surface area contributed by atoms with Crippen LogP contribution < -0.4 is 21.7 Å². The van der Waals surface area contributed by atoms with Gasteiger partial charge in [-0.1, -0.05) is 179 Å². The summed E-state index contributed by atoms with van der Waals surface area (Å²) in [5.74, 6) is -2.65. The zero-order valence-electron chi connectivity index (χ0n) is 54.5. The first-order valence-corrected chi connectivity index (χ1v) is 33.2. The number of alkyl carbamates (subject to hydrolysis) is 2. The Morgan fingerprint density at radius 2 is 1.12 bits per heavy atom. The van der Waals surface area contributed by atoms with Crippen molar-refractivity contribution in [2.24, 2.45) is 17.6 Å². The van der Waals surface area contributed by atoms with Crippen LogP contribution in [0.1, 0.15) is 74.1 Å². The highest BCUT2D eigenvalue weighted by Crippen LogP contribution is 2.41. The van der Waals surface area contributed by atoms with Crippen LogP contribution in [0.4, 0.5) is 14.4 Å². The predicted octanol–water partition coefficient (Wildman–Crippen LogP) is 4.64. The van der Waals surface area contributed by atoms with Crippen molar-refractivity contribution in [2.45, 2.75) is 183 Å². The van der Waals surface area contributed by atoms with Crippen LogP contribution in [0.25, 0.3) is 0 Å². The summed E-state index contributed by atoms with van der Waals surface area (Å²) in [6.07, 6.45) is -24.3. The number of amides is 4. The van der Waals surface area contributed by atoms with Gasteiger partial charge in [-0.05, 0) is 41.5 Å². The molecule has 4 heterocycles. The Morgan fingerprint density at radius 1 is 0.577 bits per heavy atom. The Bertz CT molecular complexity index is 3210. The minimum Gasteiger partial charge on any atom is -0.445 e. The van der Waals surface area contributed by atoms with Gasteiger partial charge in [0.25, 0.3) is 0 Å². The molecule has 4 saturated heterocycles. The minimum absolute atomic E-state index is 0.0257. The topological polar surface area (TPSA) is 346 Å². The van der Waals surface area contributed by atoms with Gasteiger partial charge in [0.05, 0.1) is 37.5 Å². The molecule has 10 rings (SSSR count). The number of rotatable bonds is 28. The minimum atomic E-state index is -1.76. The molecule has 0 aromatic heterocycles. The molecule has 26 nitrogen and oxygen atoms in total. The Balaban J connectivity index is 0.970.